The van der Waals surface area contributed by atoms with E-state index in [-0.39, 0.29) is 17.5 Å². The van der Waals surface area contributed by atoms with Crippen LogP contribution >= 0.6 is 0 Å². The molecular formula is C17H22N2O3. The van der Waals surface area contributed by atoms with E-state index >= 15 is 0 Å². The number of benzene rings is 1. The second-order valence-electron chi connectivity index (χ2n) is 6.95. The van der Waals surface area contributed by atoms with Crippen LogP contribution in [0.1, 0.15) is 43.9 Å². The first kappa shape index (κ1) is 14.9. The number of hydrogen-bond donors (Lipinski definition) is 2. The number of likely N-dealkylation sites (tertiary alicyclic amines) is 1. The Labute approximate surface area is 130 Å². The topological polar surface area (TPSA) is 69.6 Å². The van der Waals surface area contributed by atoms with Crippen LogP contribution in [0.3, 0.4) is 0 Å². The Balaban J connectivity index is 1.70. The molecule has 0 spiro atoms. The van der Waals surface area contributed by atoms with E-state index in [9.17, 15) is 9.59 Å². The largest absolute Gasteiger partial charge is 0.481 e. The predicted molar refractivity (Wildman–Crippen MR) is 82.7 cm³/mol. The van der Waals surface area contributed by atoms with Crippen molar-refractivity contribution in [2.75, 3.05) is 13.1 Å². The van der Waals surface area contributed by atoms with Gasteiger partial charge < -0.3 is 15.3 Å². The number of fused-ring (bicyclic) bond motifs is 1. The first-order valence-corrected chi connectivity index (χ1v) is 7.76. The monoisotopic (exact) mass is 302 g/mol. The predicted octanol–water partition coefficient (Wildman–Crippen LogP) is 2.53. The van der Waals surface area contributed by atoms with Gasteiger partial charge in [-0.25, -0.2) is 4.79 Å². The molecule has 2 amide bonds. The molecule has 1 aromatic rings. The van der Waals surface area contributed by atoms with Gasteiger partial charge in [-0.1, -0.05) is 38.1 Å². The summed E-state index contributed by atoms with van der Waals surface area (Å²) >= 11 is 0. The van der Waals surface area contributed by atoms with Crippen molar-refractivity contribution >= 4 is 12.0 Å². The molecule has 2 unspecified atom stereocenters. The summed E-state index contributed by atoms with van der Waals surface area (Å²) in [6, 6.07) is 8.07. The van der Waals surface area contributed by atoms with E-state index in [0.717, 1.165) is 6.42 Å². The molecule has 2 aliphatic rings. The number of aliphatic carboxylic acids is 1. The van der Waals surface area contributed by atoms with Gasteiger partial charge in [0.15, 0.2) is 0 Å². The van der Waals surface area contributed by atoms with Crippen molar-refractivity contribution in [2.45, 2.75) is 38.1 Å². The minimum absolute atomic E-state index is 0.00239. The van der Waals surface area contributed by atoms with Crippen molar-refractivity contribution in [3.05, 3.63) is 35.4 Å². The number of hydrogen-bond acceptors (Lipinski definition) is 2. The highest BCUT2D eigenvalue weighted by atomic mass is 16.4. The van der Waals surface area contributed by atoms with Gasteiger partial charge in [-0.2, -0.15) is 0 Å². The number of carboxylic acids is 1. The van der Waals surface area contributed by atoms with E-state index in [1.807, 2.05) is 12.1 Å². The average molecular weight is 302 g/mol. The summed E-state index contributed by atoms with van der Waals surface area (Å²) in [6.07, 6.45) is 1.41. The van der Waals surface area contributed by atoms with E-state index < -0.39 is 11.9 Å². The number of rotatable bonds is 2. The Bertz CT molecular complexity index is 612. The fourth-order valence-corrected chi connectivity index (χ4v) is 3.66. The van der Waals surface area contributed by atoms with Crippen LogP contribution in [-0.4, -0.2) is 35.1 Å². The molecule has 3 rings (SSSR count). The van der Waals surface area contributed by atoms with Crippen molar-refractivity contribution in [3.8, 4) is 0 Å². The van der Waals surface area contributed by atoms with Crippen LogP contribution < -0.4 is 5.32 Å². The first-order chi connectivity index (χ1) is 10.4. The van der Waals surface area contributed by atoms with E-state index in [1.54, 1.807) is 4.90 Å². The molecule has 1 aromatic carbocycles. The van der Waals surface area contributed by atoms with Crippen LogP contribution in [-0.2, 0) is 10.2 Å². The fourth-order valence-electron chi connectivity index (χ4n) is 3.66. The Morgan fingerprint density at radius 1 is 1.32 bits per heavy atom. The SMILES string of the molecule is CC1(C)CC(NC(=O)N2CCC(C(=O)O)C2)c2ccccc21. The standard InChI is InChI=1S/C17H22N2O3/c1-17(2)9-14(12-5-3-4-6-13(12)17)18-16(22)19-8-7-11(10-19)15(20)21/h3-6,11,14H,7-10H2,1-2H3,(H,18,22)(H,20,21). The van der Waals surface area contributed by atoms with Gasteiger partial charge in [-0.05, 0) is 29.4 Å². The summed E-state index contributed by atoms with van der Waals surface area (Å²) in [5.41, 5.74) is 2.50. The zero-order valence-corrected chi connectivity index (χ0v) is 13.0. The number of urea groups is 1. The Hall–Kier alpha value is -2.04. The van der Waals surface area contributed by atoms with Crippen molar-refractivity contribution in [1.82, 2.24) is 10.2 Å². The van der Waals surface area contributed by atoms with Crippen LogP contribution in [0.15, 0.2) is 24.3 Å². The Kier molecular flexibility index (Phi) is 3.59. The molecule has 2 N–H and O–H groups in total. The highest BCUT2D eigenvalue weighted by molar-refractivity contribution is 5.78. The zero-order chi connectivity index (χ0) is 15.9. The highest BCUT2D eigenvalue weighted by Gasteiger charge is 2.38. The van der Waals surface area contributed by atoms with Crippen LogP contribution in [0.25, 0.3) is 0 Å². The van der Waals surface area contributed by atoms with Gasteiger partial charge in [0.25, 0.3) is 0 Å². The van der Waals surface area contributed by atoms with Gasteiger partial charge in [0.05, 0.1) is 12.0 Å². The van der Waals surface area contributed by atoms with Crippen molar-refractivity contribution in [3.63, 3.8) is 0 Å². The van der Waals surface area contributed by atoms with Crippen LogP contribution in [0.4, 0.5) is 4.79 Å². The lowest BCUT2D eigenvalue weighted by Gasteiger charge is -2.22. The molecule has 0 saturated carbocycles. The summed E-state index contributed by atoms with van der Waals surface area (Å²) in [7, 11) is 0. The molecule has 1 fully saturated rings. The van der Waals surface area contributed by atoms with E-state index in [2.05, 4.69) is 31.3 Å². The second kappa shape index (κ2) is 5.30. The lowest BCUT2D eigenvalue weighted by Crippen LogP contribution is -2.40. The molecule has 1 aliphatic heterocycles. The van der Waals surface area contributed by atoms with Gasteiger partial charge in [-0.15, -0.1) is 0 Å². The zero-order valence-electron chi connectivity index (χ0n) is 13.0. The normalized spacial score (nSPS) is 25.8. The van der Waals surface area contributed by atoms with Gasteiger partial charge in [-0.3, -0.25) is 4.79 Å². The third-order valence-corrected chi connectivity index (χ3v) is 4.90. The van der Waals surface area contributed by atoms with Gasteiger partial charge in [0, 0.05) is 13.1 Å². The summed E-state index contributed by atoms with van der Waals surface area (Å²) in [5.74, 6) is -1.25. The number of nitrogens with one attached hydrogen (secondary N) is 1. The minimum atomic E-state index is -0.817. The third-order valence-electron chi connectivity index (χ3n) is 4.90. The molecule has 5 nitrogen and oxygen atoms in total. The molecule has 1 heterocycles. The molecule has 0 aromatic heterocycles. The summed E-state index contributed by atoms with van der Waals surface area (Å²) < 4.78 is 0. The Morgan fingerprint density at radius 2 is 2.05 bits per heavy atom. The minimum Gasteiger partial charge on any atom is -0.481 e. The molecule has 1 saturated heterocycles. The number of carbonyl (C=O) groups is 2. The van der Waals surface area contributed by atoms with E-state index in [4.69, 9.17) is 5.11 Å². The molecule has 0 radical (unpaired) electrons. The summed E-state index contributed by atoms with van der Waals surface area (Å²) in [4.78, 5) is 25.0. The summed E-state index contributed by atoms with van der Waals surface area (Å²) in [6.45, 7) is 5.20. The quantitative estimate of drug-likeness (QED) is 0.882. The third kappa shape index (κ3) is 2.56. The molecule has 118 valence electrons. The molecule has 22 heavy (non-hydrogen) atoms. The number of carbonyl (C=O) groups excluding carboxylic acids is 1. The van der Waals surface area contributed by atoms with Gasteiger partial charge in [0.1, 0.15) is 0 Å². The first-order valence-electron chi connectivity index (χ1n) is 7.76. The number of amides is 2. The summed E-state index contributed by atoms with van der Waals surface area (Å²) in [5, 5.41) is 12.1. The molecule has 0 bridgehead atoms. The van der Waals surface area contributed by atoms with Gasteiger partial charge >= 0.3 is 12.0 Å². The lowest BCUT2D eigenvalue weighted by atomic mass is 9.86. The molecule has 2 atom stereocenters. The second-order valence-corrected chi connectivity index (χ2v) is 6.95. The van der Waals surface area contributed by atoms with Crippen molar-refractivity contribution in [1.29, 1.82) is 0 Å². The fraction of sp³-hybridized carbons (Fsp3) is 0.529. The van der Waals surface area contributed by atoms with Gasteiger partial charge in [0.2, 0.25) is 0 Å². The van der Waals surface area contributed by atoms with E-state index in [0.29, 0.717) is 19.5 Å². The van der Waals surface area contributed by atoms with Crippen molar-refractivity contribution in [2.24, 2.45) is 5.92 Å². The lowest BCUT2D eigenvalue weighted by molar-refractivity contribution is -0.141. The van der Waals surface area contributed by atoms with E-state index in [1.165, 1.54) is 11.1 Å². The van der Waals surface area contributed by atoms with Crippen molar-refractivity contribution < 1.29 is 14.7 Å². The van der Waals surface area contributed by atoms with Crippen LogP contribution in [0.5, 0.6) is 0 Å². The maximum Gasteiger partial charge on any atom is 0.317 e. The van der Waals surface area contributed by atoms with Crippen LogP contribution in [0.2, 0.25) is 0 Å². The average Bonchev–Trinajstić information content (AvgIpc) is 3.04. The maximum atomic E-state index is 12.4. The Morgan fingerprint density at radius 3 is 2.73 bits per heavy atom. The highest BCUT2D eigenvalue weighted by Crippen LogP contribution is 2.44. The molecule has 5 heteroatoms. The molecule has 1 aliphatic carbocycles. The number of nitrogens with zero attached hydrogens (tertiary/aromatic N) is 1. The maximum absolute atomic E-state index is 12.4. The number of carboxylic acid groups (broad SMARTS) is 1. The molecular weight excluding hydrogens is 280 g/mol. The van der Waals surface area contributed by atoms with Crippen LogP contribution in [0, 0.1) is 5.92 Å². The smallest absolute Gasteiger partial charge is 0.317 e.